The van der Waals surface area contributed by atoms with Crippen molar-refractivity contribution in [2.75, 3.05) is 0 Å². The minimum absolute atomic E-state index is 0.732. The molecule has 1 aromatic carbocycles. The van der Waals surface area contributed by atoms with Gasteiger partial charge < -0.3 is 0 Å². The summed E-state index contributed by atoms with van der Waals surface area (Å²) in [6.07, 6.45) is 8.75. The van der Waals surface area contributed by atoms with Gasteiger partial charge in [0.2, 0.25) is 0 Å². The molecule has 0 N–H and O–H groups in total. The Balaban J connectivity index is 2.50. The maximum absolute atomic E-state index is 10.4. The highest BCUT2D eigenvalue weighted by Gasteiger charge is 1.88. The summed E-state index contributed by atoms with van der Waals surface area (Å²) >= 11 is 0. The van der Waals surface area contributed by atoms with Crippen LogP contribution in [0.4, 0.5) is 0 Å². The summed E-state index contributed by atoms with van der Waals surface area (Å²) in [5.41, 5.74) is 1.89. The molecule has 0 aliphatic rings. The first kappa shape index (κ1) is 10.7. The fourth-order valence-electron chi connectivity index (χ4n) is 1.23. The molecule has 0 fully saturated rings. The van der Waals surface area contributed by atoms with Crippen LogP contribution in [0.3, 0.4) is 0 Å². The Hall–Kier alpha value is -1.37. The second-order valence-electron chi connectivity index (χ2n) is 3.33. The van der Waals surface area contributed by atoms with E-state index in [-0.39, 0.29) is 0 Å². The first-order chi connectivity index (χ1) is 6.86. The van der Waals surface area contributed by atoms with Gasteiger partial charge in [-0.2, -0.15) is 0 Å². The maximum atomic E-state index is 10.4. The zero-order chi connectivity index (χ0) is 10.2. The van der Waals surface area contributed by atoms with Crippen LogP contribution >= 0.6 is 0 Å². The molecule has 1 nitrogen and oxygen atoms in total. The summed E-state index contributed by atoms with van der Waals surface area (Å²) in [5.74, 6) is 0. The standard InChI is InChI=1S/C13H16O/c1-2-3-4-5-6-12-7-9-13(11-14)10-8-12/h5-11H,2-4H2,1H3. The molecule has 74 valence electrons. The lowest BCUT2D eigenvalue weighted by Gasteiger charge is -1.94. The first-order valence-corrected chi connectivity index (χ1v) is 5.08. The van der Waals surface area contributed by atoms with E-state index in [1.807, 2.05) is 24.3 Å². The van der Waals surface area contributed by atoms with E-state index in [2.05, 4.69) is 19.1 Å². The Morgan fingerprint density at radius 3 is 2.36 bits per heavy atom. The minimum atomic E-state index is 0.732. The third kappa shape index (κ3) is 3.56. The van der Waals surface area contributed by atoms with Gasteiger partial charge in [-0.15, -0.1) is 0 Å². The van der Waals surface area contributed by atoms with Gasteiger partial charge in [0.05, 0.1) is 0 Å². The third-order valence-electron chi connectivity index (χ3n) is 2.11. The quantitative estimate of drug-likeness (QED) is 0.508. The Kier molecular flexibility index (Phi) is 4.70. The zero-order valence-corrected chi connectivity index (χ0v) is 8.57. The van der Waals surface area contributed by atoms with Crippen LogP contribution in [0.2, 0.25) is 0 Å². The summed E-state index contributed by atoms with van der Waals surface area (Å²) in [6, 6.07) is 7.61. The van der Waals surface area contributed by atoms with Crippen molar-refractivity contribution < 1.29 is 4.79 Å². The van der Waals surface area contributed by atoms with Crippen molar-refractivity contribution in [3.63, 3.8) is 0 Å². The molecule has 0 radical (unpaired) electrons. The van der Waals surface area contributed by atoms with E-state index in [9.17, 15) is 4.79 Å². The van der Waals surface area contributed by atoms with Crippen molar-refractivity contribution in [1.29, 1.82) is 0 Å². The van der Waals surface area contributed by atoms with E-state index in [1.54, 1.807) is 0 Å². The van der Waals surface area contributed by atoms with Crippen molar-refractivity contribution in [2.45, 2.75) is 26.2 Å². The van der Waals surface area contributed by atoms with Crippen LogP contribution in [0.5, 0.6) is 0 Å². The maximum Gasteiger partial charge on any atom is 0.150 e. The molecule has 14 heavy (non-hydrogen) atoms. The summed E-state index contributed by atoms with van der Waals surface area (Å²) in [5, 5.41) is 0. The lowest BCUT2D eigenvalue weighted by atomic mass is 10.1. The fraction of sp³-hybridized carbons (Fsp3) is 0.308. The average molecular weight is 188 g/mol. The monoisotopic (exact) mass is 188 g/mol. The van der Waals surface area contributed by atoms with Gasteiger partial charge in [-0.3, -0.25) is 4.79 Å². The molecular formula is C13H16O. The minimum Gasteiger partial charge on any atom is -0.298 e. The second kappa shape index (κ2) is 6.14. The van der Waals surface area contributed by atoms with Crippen LogP contribution in [0.25, 0.3) is 6.08 Å². The summed E-state index contributed by atoms with van der Waals surface area (Å²) in [4.78, 5) is 10.4. The average Bonchev–Trinajstić information content (AvgIpc) is 2.25. The Morgan fingerprint density at radius 1 is 1.14 bits per heavy atom. The molecule has 0 spiro atoms. The molecule has 0 amide bonds. The van der Waals surface area contributed by atoms with Gasteiger partial charge in [-0.05, 0) is 12.0 Å². The van der Waals surface area contributed by atoms with Gasteiger partial charge in [0.15, 0.2) is 0 Å². The topological polar surface area (TPSA) is 17.1 Å². The lowest BCUT2D eigenvalue weighted by Crippen LogP contribution is -1.78. The normalized spacial score (nSPS) is 10.6. The van der Waals surface area contributed by atoms with Crippen molar-refractivity contribution >= 4 is 12.4 Å². The van der Waals surface area contributed by atoms with Crippen molar-refractivity contribution in [2.24, 2.45) is 0 Å². The molecule has 0 saturated heterocycles. The summed E-state index contributed by atoms with van der Waals surface area (Å²) < 4.78 is 0. The molecule has 0 aliphatic carbocycles. The number of aldehydes is 1. The fourth-order valence-corrected chi connectivity index (χ4v) is 1.23. The number of carbonyl (C=O) groups excluding carboxylic acids is 1. The van der Waals surface area contributed by atoms with Crippen molar-refractivity contribution in [1.82, 2.24) is 0 Å². The third-order valence-corrected chi connectivity index (χ3v) is 2.11. The van der Waals surface area contributed by atoms with E-state index in [1.165, 1.54) is 12.8 Å². The number of unbranched alkanes of at least 4 members (excludes halogenated alkanes) is 2. The van der Waals surface area contributed by atoms with E-state index in [0.717, 1.165) is 23.8 Å². The van der Waals surface area contributed by atoms with Crippen LogP contribution < -0.4 is 0 Å². The van der Waals surface area contributed by atoms with Gasteiger partial charge in [0.25, 0.3) is 0 Å². The van der Waals surface area contributed by atoms with Gasteiger partial charge >= 0.3 is 0 Å². The van der Waals surface area contributed by atoms with E-state index in [4.69, 9.17) is 0 Å². The SMILES string of the molecule is CCCCC=Cc1ccc(C=O)cc1. The molecule has 1 aromatic rings. The first-order valence-electron chi connectivity index (χ1n) is 5.08. The summed E-state index contributed by atoms with van der Waals surface area (Å²) in [6.45, 7) is 2.19. The highest BCUT2D eigenvalue weighted by Crippen LogP contribution is 2.06. The number of carbonyl (C=O) groups is 1. The smallest absolute Gasteiger partial charge is 0.150 e. The largest absolute Gasteiger partial charge is 0.298 e. The van der Waals surface area contributed by atoms with Crippen molar-refractivity contribution in [3.05, 3.63) is 41.5 Å². The highest BCUT2D eigenvalue weighted by molar-refractivity contribution is 5.75. The molecule has 0 unspecified atom stereocenters. The molecule has 1 heteroatoms. The van der Waals surface area contributed by atoms with Gasteiger partial charge in [-0.25, -0.2) is 0 Å². The van der Waals surface area contributed by atoms with Crippen LogP contribution in [0.1, 0.15) is 42.1 Å². The molecule has 0 heterocycles. The van der Waals surface area contributed by atoms with Gasteiger partial charge in [0, 0.05) is 5.56 Å². The van der Waals surface area contributed by atoms with E-state index >= 15 is 0 Å². The van der Waals surface area contributed by atoms with Crippen molar-refractivity contribution in [3.8, 4) is 0 Å². The number of hydrogen-bond donors (Lipinski definition) is 0. The van der Waals surface area contributed by atoms with E-state index < -0.39 is 0 Å². The van der Waals surface area contributed by atoms with E-state index in [0.29, 0.717) is 0 Å². The van der Waals surface area contributed by atoms with Crippen LogP contribution in [-0.4, -0.2) is 6.29 Å². The molecule has 0 atom stereocenters. The Morgan fingerprint density at radius 2 is 1.79 bits per heavy atom. The van der Waals surface area contributed by atoms with Crippen LogP contribution in [-0.2, 0) is 0 Å². The molecule has 1 rings (SSSR count). The Labute approximate surface area is 85.5 Å². The highest BCUT2D eigenvalue weighted by atomic mass is 16.1. The van der Waals surface area contributed by atoms with Gasteiger partial charge in [-0.1, -0.05) is 56.2 Å². The molecule has 0 saturated carbocycles. The molecule has 0 bridgehead atoms. The number of hydrogen-bond acceptors (Lipinski definition) is 1. The Bertz CT molecular complexity index is 296. The van der Waals surface area contributed by atoms with Crippen LogP contribution in [0.15, 0.2) is 30.3 Å². The zero-order valence-electron chi connectivity index (χ0n) is 8.57. The molecule has 0 aromatic heterocycles. The predicted molar refractivity (Wildman–Crippen MR) is 60.4 cm³/mol. The molecular weight excluding hydrogens is 172 g/mol. The number of allylic oxidation sites excluding steroid dienone is 1. The number of benzene rings is 1. The number of rotatable bonds is 5. The van der Waals surface area contributed by atoms with Crippen LogP contribution in [0, 0.1) is 0 Å². The predicted octanol–water partition coefficient (Wildman–Crippen LogP) is 3.70. The van der Waals surface area contributed by atoms with Gasteiger partial charge in [0.1, 0.15) is 6.29 Å². The summed E-state index contributed by atoms with van der Waals surface area (Å²) in [7, 11) is 0. The second-order valence-corrected chi connectivity index (χ2v) is 3.33. The lowest BCUT2D eigenvalue weighted by molar-refractivity contribution is 0.112. The molecule has 0 aliphatic heterocycles.